The van der Waals surface area contributed by atoms with Crippen molar-refractivity contribution in [2.45, 2.75) is 153 Å². The van der Waals surface area contributed by atoms with Crippen LogP contribution in [0.15, 0.2) is 0 Å². The van der Waals surface area contributed by atoms with Gasteiger partial charge in [0.2, 0.25) is 60.9 Å². The summed E-state index contributed by atoms with van der Waals surface area (Å²) in [5, 5.41) is 12.3. The van der Waals surface area contributed by atoms with Crippen LogP contribution < -0.4 is 0 Å². The van der Waals surface area contributed by atoms with Crippen LogP contribution in [0.3, 0.4) is 0 Å². The zero-order valence-electron chi connectivity index (χ0n) is 29.1. The summed E-state index contributed by atoms with van der Waals surface area (Å²) < 4.78 is 0. The highest BCUT2D eigenvalue weighted by atomic mass is 27.1. The van der Waals surface area contributed by atoms with Crippen LogP contribution in [0.4, 0.5) is 0 Å². The van der Waals surface area contributed by atoms with Gasteiger partial charge in [-0.3, -0.25) is 0 Å². The first-order valence-corrected chi connectivity index (χ1v) is 24.5. The minimum Gasteiger partial charge on any atom is -0.0950 e. The normalized spacial score (nSPS) is 10.9. The molecule has 0 radical (unpaired) electrons. The molecule has 0 rings (SSSR count). The summed E-state index contributed by atoms with van der Waals surface area (Å²) in [6.45, 7) is 37.2. The molecule has 0 aliphatic carbocycles. The van der Waals surface area contributed by atoms with Gasteiger partial charge in [0, 0.05) is 1.43 Å². The van der Waals surface area contributed by atoms with Crippen molar-refractivity contribution in [3.05, 3.63) is 0 Å². The van der Waals surface area contributed by atoms with E-state index in [1.54, 1.807) is 0 Å². The molecular formula is C32H78Al4. The van der Waals surface area contributed by atoms with E-state index >= 15 is 0 Å². The van der Waals surface area contributed by atoms with E-state index in [-0.39, 0.29) is 1.43 Å². The van der Waals surface area contributed by atoms with Crippen LogP contribution in [-0.2, 0) is 0 Å². The standard InChI is InChI=1S/8C4H9.4Al.H2.4H/c8*1-4(2)3;;;;;;;;;/h8*4H,1H2,2-3H3;;;;;1H;;;;. The van der Waals surface area contributed by atoms with Gasteiger partial charge < -0.3 is 0 Å². The van der Waals surface area contributed by atoms with E-state index in [2.05, 4.69) is 111 Å². The summed E-state index contributed by atoms with van der Waals surface area (Å²) in [6, 6.07) is 0. The highest BCUT2D eigenvalue weighted by molar-refractivity contribution is 6.36. The number of hydrogen-bond acceptors (Lipinski definition) is 0. The maximum absolute atomic E-state index is 2.33. The molecule has 0 amide bonds. The quantitative estimate of drug-likeness (QED) is 0.162. The largest absolute Gasteiger partial charge is 0.237 e. The molecule has 0 aromatic rings. The van der Waals surface area contributed by atoms with Gasteiger partial charge in [0.1, 0.15) is 0 Å². The highest BCUT2D eigenvalue weighted by Crippen LogP contribution is 2.08. The minimum atomic E-state index is 0. The second-order valence-electron chi connectivity index (χ2n) is 14.9. The van der Waals surface area contributed by atoms with Gasteiger partial charge in [-0.15, -0.1) is 0 Å². The Hall–Kier alpha value is 2.13. The van der Waals surface area contributed by atoms with E-state index in [9.17, 15) is 0 Å². The van der Waals surface area contributed by atoms with Crippen molar-refractivity contribution in [3.63, 3.8) is 0 Å². The average Bonchev–Trinajstić information content (AvgIpc) is 2.67. The maximum atomic E-state index is 2.33. The first kappa shape index (κ1) is 45.1. The van der Waals surface area contributed by atoms with Gasteiger partial charge in [-0.25, -0.2) is 0 Å². The molecule has 0 aliphatic rings. The Balaban J connectivity index is -0.000000122. The van der Waals surface area contributed by atoms with Gasteiger partial charge in [-0.05, 0) is 0 Å². The molecule has 0 saturated carbocycles. The second kappa shape index (κ2) is 33.3. The third-order valence-electron chi connectivity index (χ3n) is 6.25. The molecule has 0 aliphatic heterocycles. The van der Waals surface area contributed by atoms with Crippen LogP contribution in [0.1, 0.15) is 112 Å². The molecule has 0 bridgehead atoms. The first-order chi connectivity index (χ1) is 16.5. The molecule has 0 atom stereocenters. The highest BCUT2D eigenvalue weighted by Gasteiger charge is 2.01. The van der Waals surface area contributed by atoms with Crippen LogP contribution >= 0.6 is 0 Å². The smallest absolute Gasteiger partial charge is 0.0950 e. The topological polar surface area (TPSA) is 0 Å². The van der Waals surface area contributed by atoms with Crippen LogP contribution in [0, 0.1) is 47.3 Å². The fourth-order valence-corrected chi connectivity index (χ4v) is 11.2. The summed E-state index contributed by atoms with van der Waals surface area (Å²) in [4.78, 5) is 0. The first-order valence-electron chi connectivity index (χ1n) is 16.5. The van der Waals surface area contributed by atoms with E-state index in [0.29, 0.717) is 60.9 Å². The van der Waals surface area contributed by atoms with Gasteiger partial charge in [-0.2, -0.15) is 0 Å². The Morgan fingerprint density at radius 2 is 0.333 bits per heavy atom. The van der Waals surface area contributed by atoms with Crippen molar-refractivity contribution < 1.29 is 1.43 Å². The summed E-state index contributed by atoms with van der Waals surface area (Å²) in [5.41, 5.74) is 0. The lowest BCUT2D eigenvalue weighted by Gasteiger charge is -2.03. The van der Waals surface area contributed by atoms with E-state index in [1.165, 1.54) is 42.3 Å². The Kier molecular flexibility index (Phi) is 41.8. The Morgan fingerprint density at radius 1 is 0.250 bits per heavy atom. The zero-order chi connectivity index (χ0) is 29.1. The monoisotopic (exact) mass is 571 g/mol. The fraction of sp³-hybridized carbons (Fsp3) is 1.00. The van der Waals surface area contributed by atoms with Gasteiger partial charge in [0.15, 0.2) is 0 Å². The van der Waals surface area contributed by atoms with Crippen LogP contribution in [0.25, 0.3) is 0 Å². The van der Waals surface area contributed by atoms with E-state index in [4.69, 9.17) is 0 Å². The molecule has 0 spiro atoms. The van der Waals surface area contributed by atoms with Crippen molar-refractivity contribution in [2.75, 3.05) is 0 Å². The van der Waals surface area contributed by atoms with Crippen molar-refractivity contribution in [2.24, 2.45) is 47.3 Å². The third kappa shape index (κ3) is 65.3. The lowest BCUT2D eigenvalue weighted by molar-refractivity contribution is 0.700. The van der Waals surface area contributed by atoms with Crippen LogP contribution in [-0.4, -0.2) is 60.9 Å². The predicted molar refractivity (Wildman–Crippen MR) is 188 cm³/mol. The molecule has 0 unspecified atom stereocenters. The number of hydrogen-bond donors (Lipinski definition) is 0. The summed E-state index contributed by atoms with van der Waals surface area (Å²) in [5.74, 6) is 7.63. The van der Waals surface area contributed by atoms with Crippen molar-refractivity contribution >= 4 is 60.9 Å². The molecule has 0 N–H and O–H groups in total. The van der Waals surface area contributed by atoms with Gasteiger partial charge in [-0.1, -0.05) is 200 Å². The summed E-state index contributed by atoms with van der Waals surface area (Å²) >= 11 is 1.27. The molecule has 0 aromatic heterocycles. The van der Waals surface area contributed by atoms with Crippen LogP contribution in [0.5, 0.6) is 0 Å². The van der Waals surface area contributed by atoms with Gasteiger partial charge in [0.25, 0.3) is 0 Å². The number of rotatable bonds is 16. The Bertz CT molecular complexity index is 277. The molecule has 0 nitrogen and oxygen atoms in total. The van der Waals surface area contributed by atoms with Crippen LogP contribution in [0.2, 0.25) is 42.3 Å². The molecule has 0 saturated heterocycles. The second-order valence-corrected chi connectivity index (χ2v) is 22.3. The van der Waals surface area contributed by atoms with Crippen molar-refractivity contribution in [3.8, 4) is 0 Å². The van der Waals surface area contributed by atoms with Gasteiger partial charge in [0.05, 0.1) is 0 Å². The zero-order valence-corrected chi connectivity index (χ0v) is 34.8. The minimum absolute atomic E-state index is 0. The maximum Gasteiger partial charge on any atom is 0.237 e. The molecule has 0 aromatic carbocycles. The average molecular weight is 571 g/mol. The van der Waals surface area contributed by atoms with E-state index in [0.717, 1.165) is 47.3 Å². The summed E-state index contributed by atoms with van der Waals surface area (Å²) in [7, 11) is 0. The molecule has 0 heterocycles. The molecule has 36 heavy (non-hydrogen) atoms. The Morgan fingerprint density at radius 3 is 0.389 bits per heavy atom. The molecular weight excluding hydrogens is 492 g/mol. The van der Waals surface area contributed by atoms with Crippen molar-refractivity contribution in [1.29, 1.82) is 0 Å². The lowest BCUT2D eigenvalue weighted by atomic mass is 10.3. The third-order valence-corrected chi connectivity index (χ3v) is 18.8. The lowest BCUT2D eigenvalue weighted by Crippen LogP contribution is -1.99. The Labute approximate surface area is 260 Å². The summed E-state index contributed by atoms with van der Waals surface area (Å²) in [6.07, 6.45) is 0. The molecule has 0 fully saturated rings. The van der Waals surface area contributed by atoms with Gasteiger partial charge >= 0.3 is 0 Å². The van der Waals surface area contributed by atoms with E-state index in [1.807, 2.05) is 0 Å². The van der Waals surface area contributed by atoms with Crippen molar-refractivity contribution in [1.82, 2.24) is 0 Å². The fourth-order valence-electron chi connectivity index (χ4n) is 3.74. The molecule has 4 heteroatoms. The SMILES string of the molecule is CC(C)[CH2][AlH][CH2]C(C)C.CC(C)[CH2][AlH][CH2]C(C)C.CC(C)[CH2][AlH][CH2]C(C)C.CC(C)[CH2][AlH][CH2]C(C)C.[HH]. The predicted octanol–water partition coefficient (Wildman–Crippen LogP) is 10.5. The molecule has 218 valence electrons. The van der Waals surface area contributed by atoms with E-state index < -0.39 is 0 Å².